The monoisotopic (exact) mass is 335 g/mol. The van der Waals surface area contributed by atoms with Crippen LogP contribution in [0.25, 0.3) is 0 Å². The van der Waals surface area contributed by atoms with Crippen LogP contribution in [0.5, 0.6) is 0 Å². The first kappa shape index (κ1) is 16.9. The molecule has 0 spiro atoms. The van der Waals surface area contributed by atoms with Crippen molar-refractivity contribution in [3.8, 4) is 0 Å². The van der Waals surface area contributed by atoms with Crippen molar-refractivity contribution >= 4 is 40.8 Å². The van der Waals surface area contributed by atoms with Gasteiger partial charge in [0.25, 0.3) is 5.91 Å². The van der Waals surface area contributed by atoms with E-state index in [1.807, 2.05) is 6.07 Å². The highest BCUT2D eigenvalue weighted by atomic mass is 32.1. The molecule has 0 aliphatic carbocycles. The van der Waals surface area contributed by atoms with E-state index in [-0.39, 0.29) is 29.9 Å². The normalized spacial score (nSPS) is 17.4. The number of esters is 1. The van der Waals surface area contributed by atoms with Crippen molar-refractivity contribution in [3.63, 3.8) is 0 Å². The lowest BCUT2D eigenvalue weighted by Gasteiger charge is -2.21. The Labute approximate surface area is 139 Å². The molecule has 1 aliphatic heterocycles. The SMILES string of the molecule is COC(=O)CN1C(=S)N(C)C(=O)[C@@H]1CC(=O)Nc1ccccc1. The average molecular weight is 335 g/mol. The van der Waals surface area contributed by atoms with Crippen LogP contribution in [-0.4, -0.2) is 59.4 Å². The van der Waals surface area contributed by atoms with E-state index in [0.717, 1.165) is 0 Å². The van der Waals surface area contributed by atoms with E-state index in [1.165, 1.54) is 24.0 Å². The maximum atomic E-state index is 12.2. The Kier molecular flexibility index (Phi) is 5.28. The molecule has 1 aliphatic rings. The number of para-hydroxylation sites is 1. The number of ether oxygens (including phenoxy) is 1. The topological polar surface area (TPSA) is 79.0 Å². The fourth-order valence-corrected chi connectivity index (χ4v) is 2.55. The predicted octanol–water partition coefficient (Wildman–Crippen LogP) is 0.616. The van der Waals surface area contributed by atoms with Crippen LogP contribution >= 0.6 is 12.2 Å². The summed E-state index contributed by atoms with van der Waals surface area (Å²) in [5, 5.41) is 2.92. The molecule has 0 unspecified atom stereocenters. The van der Waals surface area contributed by atoms with Gasteiger partial charge in [-0.25, -0.2) is 0 Å². The minimum absolute atomic E-state index is 0.102. The van der Waals surface area contributed by atoms with Crippen molar-refractivity contribution in [3.05, 3.63) is 30.3 Å². The maximum Gasteiger partial charge on any atom is 0.325 e. The van der Waals surface area contributed by atoms with E-state index in [2.05, 4.69) is 10.1 Å². The second-order valence-corrected chi connectivity index (χ2v) is 5.38. The van der Waals surface area contributed by atoms with Crippen molar-refractivity contribution in [1.29, 1.82) is 0 Å². The average Bonchev–Trinajstić information content (AvgIpc) is 2.73. The Bertz CT molecular complexity index is 635. The fourth-order valence-electron chi connectivity index (χ4n) is 2.27. The summed E-state index contributed by atoms with van der Waals surface area (Å²) >= 11 is 5.16. The van der Waals surface area contributed by atoms with E-state index in [4.69, 9.17) is 12.2 Å². The molecule has 1 heterocycles. The van der Waals surface area contributed by atoms with Gasteiger partial charge in [-0.15, -0.1) is 0 Å². The minimum atomic E-state index is -0.810. The molecule has 2 amide bonds. The number of hydrogen-bond acceptors (Lipinski definition) is 5. The van der Waals surface area contributed by atoms with Crippen LogP contribution in [0.15, 0.2) is 30.3 Å². The summed E-state index contributed by atoms with van der Waals surface area (Å²) in [4.78, 5) is 38.6. The molecule has 1 aromatic carbocycles. The van der Waals surface area contributed by atoms with Gasteiger partial charge in [0.1, 0.15) is 12.6 Å². The molecule has 1 atom stereocenters. The van der Waals surface area contributed by atoms with Gasteiger partial charge < -0.3 is 15.0 Å². The van der Waals surface area contributed by atoms with E-state index in [9.17, 15) is 14.4 Å². The zero-order valence-corrected chi connectivity index (χ0v) is 13.6. The molecule has 0 bridgehead atoms. The number of likely N-dealkylation sites (N-methyl/N-ethyl adjacent to an activating group) is 1. The second-order valence-electron chi connectivity index (χ2n) is 5.02. The van der Waals surface area contributed by atoms with Gasteiger partial charge in [0.05, 0.1) is 13.5 Å². The van der Waals surface area contributed by atoms with Gasteiger partial charge in [-0.2, -0.15) is 0 Å². The van der Waals surface area contributed by atoms with Gasteiger partial charge in [-0.05, 0) is 24.4 Å². The predicted molar refractivity (Wildman–Crippen MR) is 87.6 cm³/mol. The summed E-state index contributed by atoms with van der Waals surface area (Å²) in [6, 6.07) is 8.11. The van der Waals surface area contributed by atoms with Crippen molar-refractivity contribution < 1.29 is 19.1 Å². The van der Waals surface area contributed by atoms with Crippen molar-refractivity contribution in [1.82, 2.24) is 9.80 Å². The quantitative estimate of drug-likeness (QED) is 0.628. The third kappa shape index (κ3) is 3.84. The van der Waals surface area contributed by atoms with E-state index < -0.39 is 12.0 Å². The largest absolute Gasteiger partial charge is 0.468 e. The van der Waals surface area contributed by atoms with E-state index >= 15 is 0 Å². The lowest BCUT2D eigenvalue weighted by molar-refractivity contribution is -0.141. The molecule has 7 nitrogen and oxygen atoms in total. The molecular weight excluding hydrogens is 318 g/mol. The number of rotatable bonds is 5. The highest BCUT2D eigenvalue weighted by Gasteiger charge is 2.42. The number of hydrogen-bond donors (Lipinski definition) is 1. The standard InChI is InChI=1S/C15H17N3O4S/c1-17-14(21)11(18(15(17)23)9-13(20)22-2)8-12(19)16-10-6-4-3-5-7-10/h3-7,11H,8-9H2,1-2H3,(H,16,19)/t11-/m0/s1. The lowest BCUT2D eigenvalue weighted by atomic mass is 10.1. The van der Waals surface area contributed by atoms with Crippen LogP contribution in [-0.2, 0) is 19.1 Å². The summed E-state index contributed by atoms with van der Waals surface area (Å²) in [5.41, 5.74) is 0.637. The Morgan fingerprint density at radius 1 is 1.30 bits per heavy atom. The summed E-state index contributed by atoms with van der Waals surface area (Å²) in [5.74, 6) is -1.17. The summed E-state index contributed by atoms with van der Waals surface area (Å²) < 4.78 is 4.61. The van der Waals surface area contributed by atoms with Gasteiger partial charge in [-0.3, -0.25) is 19.3 Å². The third-order valence-electron chi connectivity index (χ3n) is 3.49. The van der Waals surface area contributed by atoms with Crippen LogP contribution in [0, 0.1) is 0 Å². The summed E-state index contributed by atoms with van der Waals surface area (Å²) in [6.45, 7) is -0.172. The molecule has 1 saturated heterocycles. The molecule has 1 aromatic rings. The van der Waals surface area contributed by atoms with Gasteiger partial charge in [-0.1, -0.05) is 18.2 Å². The molecule has 8 heteroatoms. The maximum absolute atomic E-state index is 12.2. The molecule has 1 N–H and O–H groups in total. The van der Waals surface area contributed by atoms with Crippen LogP contribution < -0.4 is 5.32 Å². The van der Waals surface area contributed by atoms with Crippen molar-refractivity contribution in [2.45, 2.75) is 12.5 Å². The number of benzene rings is 1. The minimum Gasteiger partial charge on any atom is -0.468 e. The fraction of sp³-hybridized carbons (Fsp3) is 0.333. The van der Waals surface area contributed by atoms with Crippen molar-refractivity contribution in [2.75, 3.05) is 26.0 Å². The number of nitrogens with zero attached hydrogens (tertiary/aromatic N) is 2. The van der Waals surface area contributed by atoms with E-state index in [1.54, 1.807) is 24.3 Å². The molecule has 0 aromatic heterocycles. The van der Waals surface area contributed by atoms with Gasteiger partial charge in [0.15, 0.2) is 5.11 Å². The van der Waals surface area contributed by atoms with Crippen LogP contribution in [0.3, 0.4) is 0 Å². The third-order valence-corrected chi connectivity index (χ3v) is 4.00. The molecule has 23 heavy (non-hydrogen) atoms. The summed E-state index contributed by atoms with van der Waals surface area (Å²) in [7, 11) is 2.77. The zero-order valence-electron chi connectivity index (χ0n) is 12.8. The lowest BCUT2D eigenvalue weighted by Crippen LogP contribution is -2.41. The number of methoxy groups -OCH3 is 1. The highest BCUT2D eigenvalue weighted by Crippen LogP contribution is 2.20. The molecule has 122 valence electrons. The van der Waals surface area contributed by atoms with E-state index in [0.29, 0.717) is 5.69 Å². The highest BCUT2D eigenvalue weighted by molar-refractivity contribution is 7.80. The molecule has 0 radical (unpaired) electrons. The van der Waals surface area contributed by atoms with Crippen molar-refractivity contribution in [2.24, 2.45) is 0 Å². The van der Waals surface area contributed by atoms with Gasteiger partial charge in [0, 0.05) is 12.7 Å². The molecular formula is C15H17N3O4S. The van der Waals surface area contributed by atoms with Crippen LogP contribution in [0.1, 0.15) is 6.42 Å². The molecule has 1 fully saturated rings. The number of nitrogens with one attached hydrogen (secondary N) is 1. The smallest absolute Gasteiger partial charge is 0.325 e. The molecule has 0 saturated carbocycles. The second kappa shape index (κ2) is 7.19. The number of carbonyl (C=O) groups excluding carboxylic acids is 3. The number of amides is 2. The first-order valence-corrected chi connectivity index (χ1v) is 7.34. The van der Waals surface area contributed by atoms with Crippen LogP contribution in [0.2, 0.25) is 0 Å². The molecule has 2 rings (SSSR count). The Hall–Kier alpha value is -2.48. The van der Waals surface area contributed by atoms with Gasteiger partial charge in [0.2, 0.25) is 5.91 Å². The van der Waals surface area contributed by atoms with Crippen LogP contribution in [0.4, 0.5) is 5.69 Å². The van der Waals surface area contributed by atoms with Gasteiger partial charge >= 0.3 is 5.97 Å². The Balaban J connectivity index is 2.08. The Morgan fingerprint density at radius 3 is 2.57 bits per heavy atom. The number of carbonyl (C=O) groups is 3. The zero-order chi connectivity index (χ0) is 17.0. The Morgan fingerprint density at radius 2 is 1.96 bits per heavy atom. The first-order valence-electron chi connectivity index (χ1n) is 6.94. The first-order chi connectivity index (χ1) is 10.9. The number of anilines is 1. The summed E-state index contributed by atoms with van der Waals surface area (Å²) in [6.07, 6.45) is -0.102. The number of thiocarbonyl (C=S) groups is 1.